The van der Waals surface area contributed by atoms with Crippen molar-refractivity contribution in [1.29, 1.82) is 0 Å². The van der Waals surface area contributed by atoms with E-state index in [0.29, 0.717) is 11.5 Å². The summed E-state index contributed by atoms with van der Waals surface area (Å²) >= 11 is 0. The number of benzene rings is 2. The van der Waals surface area contributed by atoms with Gasteiger partial charge in [0.25, 0.3) is 5.91 Å². The molecule has 3 aromatic rings. The molecule has 0 unspecified atom stereocenters. The standard InChI is InChI=1S/C22H22FN3O/c1-22(2,18-5-6-18)25-21(27)17-11-16(15-3-7-19(23)8-4-15)12-20(13-17)26-10-9-24-14-26/h3-4,7-14,18H,5-6H2,1-2H3,(H,25,27). The van der Waals surface area contributed by atoms with E-state index in [1.54, 1.807) is 24.7 Å². The van der Waals surface area contributed by atoms with Crippen molar-refractivity contribution in [1.82, 2.24) is 14.9 Å². The lowest BCUT2D eigenvalue weighted by Crippen LogP contribution is -2.45. The van der Waals surface area contributed by atoms with Crippen molar-refractivity contribution in [2.75, 3.05) is 0 Å². The van der Waals surface area contributed by atoms with Gasteiger partial charge in [0.2, 0.25) is 0 Å². The van der Waals surface area contributed by atoms with Gasteiger partial charge in [-0.15, -0.1) is 0 Å². The number of halogens is 1. The number of hydrogen-bond acceptors (Lipinski definition) is 2. The van der Waals surface area contributed by atoms with E-state index in [9.17, 15) is 9.18 Å². The van der Waals surface area contributed by atoms with Crippen molar-refractivity contribution in [3.63, 3.8) is 0 Å². The molecule has 0 aliphatic heterocycles. The highest BCUT2D eigenvalue weighted by Crippen LogP contribution is 2.39. The molecule has 0 saturated heterocycles. The van der Waals surface area contributed by atoms with Crippen LogP contribution in [0.4, 0.5) is 4.39 Å². The molecule has 2 aromatic carbocycles. The quantitative estimate of drug-likeness (QED) is 0.720. The third-order valence-electron chi connectivity index (χ3n) is 5.19. The number of carbonyl (C=O) groups is 1. The van der Waals surface area contributed by atoms with Crippen LogP contribution in [0.5, 0.6) is 0 Å². The normalized spacial score (nSPS) is 14.2. The average Bonchev–Trinajstić information content (AvgIpc) is 3.38. The first-order chi connectivity index (χ1) is 12.9. The van der Waals surface area contributed by atoms with Crippen molar-refractivity contribution < 1.29 is 9.18 Å². The number of nitrogens with one attached hydrogen (secondary N) is 1. The summed E-state index contributed by atoms with van der Waals surface area (Å²) < 4.78 is 15.2. The summed E-state index contributed by atoms with van der Waals surface area (Å²) in [5, 5.41) is 3.17. The number of rotatable bonds is 5. The fraction of sp³-hybridized carbons (Fsp3) is 0.273. The molecule has 0 atom stereocenters. The number of carbonyl (C=O) groups excluding carboxylic acids is 1. The van der Waals surface area contributed by atoms with E-state index >= 15 is 0 Å². The van der Waals surface area contributed by atoms with Crippen LogP contribution in [0.3, 0.4) is 0 Å². The maximum atomic E-state index is 13.3. The van der Waals surface area contributed by atoms with Crippen molar-refractivity contribution in [2.24, 2.45) is 5.92 Å². The lowest BCUT2D eigenvalue weighted by molar-refractivity contribution is 0.0903. The number of nitrogens with zero attached hydrogens (tertiary/aromatic N) is 2. The molecule has 5 heteroatoms. The molecule has 1 amide bonds. The van der Waals surface area contributed by atoms with Gasteiger partial charge in [-0.2, -0.15) is 0 Å². The molecule has 1 N–H and O–H groups in total. The van der Waals surface area contributed by atoms with E-state index in [-0.39, 0.29) is 17.3 Å². The molecule has 1 aliphatic carbocycles. The summed E-state index contributed by atoms with van der Waals surface area (Å²) in [5.41, 5.74) is 2.90. The van der Waals surface area contributed by atoms with Gasteiger partial charge in [0.1, 0.15) is 5.82 Å². The second kappa shape index (κ2) is 6.65. The first kappa shape index (κ1) is 17.5. The topological polar surface area (TPSA) is 46.9 Å². The molecule has 27 heavy (non-hydrogen) atoms. The second-order valence-electron chi connectivity index (χ2n) is 7.70. The van der Waals surface area contributed by atoms with Gasteiger partial charge in [-0.05, 0) is 74.1 Å². The number of amides is 1. The van der Waals surface area contributed by atoms with Gasteiger partial charge in [-0.3, -0.25) is 4.79 Å². The molecule has 1 heterocycles. The molecular weight excluding hydrogens is 341 g/mol. The van der Waals surface area contributed by atoms with Crippen LogP contribution in [0.1, 0.15) is 37.0 Å². The molecular formula is C22H22FN3O. The Morgan fingerprint density at radius 2 is 1.89 bits per heavy atom. The van der Waals surface area contributed by atoms with Crippen LogP contribution in [0, 0.1) is 11.7 Å². The van der Waals surface area contributed by atoms with Crippen molar-refractivity contribution in [3.8, 4) is 16.8 Å². The van der Waals surface area contributed by atoms with E-state index < -0.39 is 0 Å². The fourth-order valence-corrected chi connectivity index (χ4v) is 3.38. The molecule has 1 fully saturated rings. The van der Waals surface area contributed by atoms with Crippen LogP contribution in [0.25, 0.3) is 16.8 Å². The summed E-state index contributed by atoms with van der Waals surface area (Å²) in [6.45, 7) is 4.15. The van der Waals surface area contributed by atoms with E-state index in [0.717, 1.165) is 29.7 Å². The fourth-order valence-electron chi connectivity index (χ4n) is 3.38. The lowest BCUT2D eigenvalue weighted by Gasteiger charge is -2.26. The Bertz CT molecular complexity index is 958. The number of aromatic nitrogens is 2. The average molecular weight is 363 g/mol. The van der Waals surface area contributed by atoms with Crippen LogP contribution < -0.4 is 5.32 Å². The van der Waals surface area contributed by atoms with Crippen LogP contribution in [0.15, 0.2) is 61.2 Å². The Labute approximate surface area is 158 Å². The first-order valence-corrected chi connectivity index (χ1v) is 9.14. The smallest absolute Gasteiger partial charge is 0.251 e. The molecule has 4 nitrogen and oxygen atoms in total. The number of hydrogen-bond donors (Lipinski definition) is 1. The zero-order valence-electron chi connectivity index (χ0n) is 15.4. The maximum absolute atomic E-state index is 13.3. The highest BCUT2D eigenvalue weighted by molar-refractivity contribution is 5.96. The van der Waals surface area contributed by atoms with Crippen LogP contribution >= 0.6 is 0 Å². The minimum Gasteiger partial charge on any atom is -0.347 e. The third kappa shape index (κ3) is 3.77. The van der Waals surface area contributed by atoms with Crippen molar-refractivity contribution >= 4 is 5.91 Å². The summed E-state index contributed by atoms with van der Waals surface area (Å²) in [6.07, 6.45) is 7.53. The molecule has 4 rings (SSSR count). The van der Waals surface area contributed by atoms with Crippen molar-refractivity contribution in [3.05, 3.63) is 72.6 Å². The minimum atomic E-state index is -0.284. The van der Waals surface area contributed by atoms with Gasteiger partial charge >= 0.3 is 0 Å². The van der Waals surface area contributed by atoms with Gasteiger partial charge in [0, 0.05) is 29.2 Å². The summed E-state index contributed by atoms with van der Waals surface area (Å²) in [7, 11) is 0. The molecule has 0 spiro atoms. The van der Waals surface area contributed by atoms with E-state index in [4.69, 9.17) is 0 Å². The predicted molar refractivity (Wildman–Crippen MR) is 103 cm³/mol. The zero-order valence-corrected chi connectivity index (χ0v) is 15.4. The summed E-state index contributed by atoms with van der Waals surface area (Å²) in [5.74, 6) is 0.153. The molecule has 1 aliphatic rings. The Morgan fingerprint density at radius 3 is 2.52 bits per heavy atom. The molecule has 1 aromatic heterocycles. The van der Waals surface area contributed by atoms with Gasteiger partial charge in [-0.1, -0.05) is 12.1 Å². The Hall–Kier alpha value is -2.95. The van der Waals surface area contributed by atoms with Gasteiger partial charge < -0.3 is 9.88 Å². The zero-order chi connectivity index (χ0) is 19.0. The molecule has 0 radical (unpaired) electrons. The number of imidazole rings is 1. The van der Waals surface area contributed by atoms with Crippen molar-refractivity contribution in [2.45, 2.75) is 32.2 Å². The van der Waals surface area contributed by atoms with Gasteiger partial charge in [-0.25, -0.2) is 9.37 Å². The predicted octanol–water partition coefficient (Wildman–Crippen LogP) is 4.60. The molecule has 0 bridgehead atoms. The minimum absolute atomic E-state index is 0.0998. The molecule has 138 valence electrons. The highest BCUT2D eigenvalue weighted by Gasteiger charge is 2.38. The monoisotopic (exact) mass is 363 g/mol. The highest BCUT2D eigenvalue weighted by atomic mass is 19.1. The van der Waals surface area contributed by atoms with Crippen LogP contribution in [-0.2, 0) is 0 Å². The van der Waals surface area contributed by atoms with Crippen LogP contribution in [0.2, 0.25) is 0 Å². The lowest BCUT2D eigenvalue weighted by atomic mass is 9.97. The van der Waals surface area contributed by atoms with Crippen LogP contribution in [-0.4, -0.2) is 21.0 Å². The SMILES string of the molecule is CC(C)(NC(=O)c1cc(-c2ccc(F)cc2)cc(-n2ccnc2)c1)C1CC1. The second-order valence-corrected chi connectivity index (χ2v) is 7.70. The van der Waals surface area contributed by atoms with E-state index in [1.165, 1.54) is 12.1 Å². The first-order valence-electron chi connectivity index (χ1n) is 9.14. The van der Waals surface area contributed by atoms with E-state index in [2.05, 4.69) is 24.1 Å². The summed E-state index contributed by atoms with van der Waals surface area (Å²) in [4.78, 5) is 17.0. The largest absolute Gasteiger partial charge is 0.347 e. The summed E-state index contributed by atoms with van der Waals surface area (Å²) in [6, 6.07) is 12.0. The Kier molecular flexibility index (Phi) is 4.30. The van der Waals surface area contributed by atoms with Gasteiger partial charge in [0.15, 0.2) is 0 Å². The molecule has 1 saturated carbocycles. The maximum Gasteiger partial charge on any atom is 0.251 e. The third-order valence-corrected chi connectivity index (χ3v) is 5.19. The van der Waals surface area contributed by atoms with E-state index in [1.807, 2.05) is 29.0 Å². The Balaban J connectivity index is 1.73. The Morgan fingerprint density at radius 1 is 1.15 bits per heavy atom. The van der Waals surface area contributed by atoms with Gasteiger partial charge in [0.05, 0.1) is 6.33 Å².